The van der Waals surface area contributed by atoms with Gasteiger partial charge < -0.3 is 5.11 Å². The lowest BCUT2D eigenvalue weighted by atomic mass is 10.4. The molecule has 84 valence electrons. The second kappa shape index (κ2) is 4.80. The van der Waals surface area contributed by atoms with Crippen LogP contribution < -0.4 is 0 Å². The fourth-order valence-corrected chi connectivity index (χ4v) is 1.45. The van der Waals surface area contributed by atoms with Crippen molar-refractivity contribution in [3.63, 3.8) is 0 Å². The molecule has 0 aliphatic rings. The first-order valence-electron chi connectivity index (χ1n) is 4.06. The van der Waals surface area contributed by atoms with E-state index < -0.39 is 18.0 Å². The summed E-state index contributed by atoms with van der Waals surface area (Å²) in [6.45, 7) is 1.78. The highest BCUT2D eigenvalue weighted by Gasteiger charge is 2.38. The number of rotatable bonds is 3. The molecular weight excluding hydrogens is 229 g/mol. The molecule has 1 rings (SSSR count). The van der Waals surface area contributed by atoms with Crippen LogP contribution in [0.1, 0.15) is 5.56 Å². The van der Waals surface area contributed by atoms with Crippen molar-refractivity contribution in [1.82, 2.24) is 9.97 Å². The third-order valence-corrected chi connectivity index (χ3v) is 2.46. The Balaban J connectivity index is 2.47. The minimum atomic E-state index is -4.59. The standard InChI is InChI=1S/C8H9F3N2OS/c1-5-2-12-7(13-3-5)15-4-6(14)8(9,10)11/h2-3,6,14H,4H2,1H3. The monoisotopic (exact) mass is 238 g/mol. The van der Waals surface area contributed by atoms with E-state index in [-0.39, 0.29) is 5.16 Å². The van der Waals surface area contributed by atoms with E-state index in [9.17, 15) is 13.2 Å². The molecule has 1 aromatic rings. The van der Waals surface area contributed by atoms with Crippen molar-refractivity contribution in [2.75, 3.05) is 5.75 Å². The zero-order chi connectivity index (χ0) is 11.5. The number of nitrogens with zero attached hydrogens (tertiary/aromatic N) is 2. The molecule has 0 saturated heterocycles. The van der Waals surface area contributed by atoms with Crippen LogP contribution in [0.4, 0.5) is 13.2 Å². The Bertz CT molecular complexity index is 315. The van der Waals surface area contributed by atoms with Crippen LogP contribution in [0.2, 0.25) is 0 Å². The molecule has 0 saturated carbocycles. The lowest BCUT2D eigenvalue weighted by Crippen LogP contribution is -2.30. The molecule has 0 spiro atoms. The van der Waals surface area contributed by atoms with Crippen molar-refractivity contribution >= 4 is 11.8 Å². The predicted octanol–water partition coefficient (Wildman–Crippen LogP) is 1.80. The van der Waals surface area contributed by atoms with Gasteiger partial charge in [-0.15, -0.1) is 0 Å². The Morgan fingerprint density at radius 3 is 2.40 bits per heavy atom. The highest BCUT2D eigenvalue weighted by Crippen LogP contribution is 2.24. The molecule has 15 heavy (non-hydrogen) atoms. The molecule has 0 aliphatic heterocycles. The van der Waals surface area contributed by atoms with Gasteiger partial charge in [-0.1, -0.05) is 11.8 Å². The third kappa shape index (κ3) is 4.05. The zero-order valence-corrected chi connectivity index (χ0v) is 8.64. The third-order valence-electron chi connectivity index (χ3n) is 1.51. The van der Waals surface area contributed by atoms with Gasteiger partial charge in [0.25, 0.3) is 0 Å². The van der Waals surface area contributed by atoms with Gasteiger partial charge in [0.15, 0.2) is 11.3 Å². The van der Waals surface area contributed by atoms with Crippen molar-refractivity contribution in [3.8, 4) is 0 Å². The first-order chi connectivity index (χ1) is 6.89. The van der Waals surface area contributed by atoms with Crippen molar-refractivity contribution < 1.29 is 18.3 Å². The first kappa shape index (κ1) is 12.3. The molecule has 0 amide bonds. The fourth-order valence-electron chi connectivity index (χ4n) is 0.703. The van der Waals surface area contributed by atoms with Gasteiger partial charge >= 0.3 is 6.18 Å². The average molecular weight is 238 g/mol. The van der Waals surface area contributed by atoms with Crippen LogP contribution in [0.25, 0.3) is 0 Å². The largest absolute Gasteiger partial charge is 0.415 e. The number of halogens is 3. The number of hydrogen-bond acceptors (Lipinski definition) is 4. The lowest BCUT2D eigenvalue weighted by molar-refractivity contribution is -0.195. The van der Waals surface area contributed by atoms with E-state index >= 15 is 0 Å². The smallest absolute Gasteiger partial charge is 0.383 e. The summed E-state index contributed by atoms with van der Waals surface area (Å²) in [5, 5.41) is 8.93. The van der Waals surface area contributed by atoms with Gasteiger partial charge in [-0.25, -0.2) is 9.97 Å². The Labute approximate surface area is 88.7 Å². The number of aromatic nitrogens is 2. The van der Waals surface area contributed by atoms with Crippen LogP contribution in [0.5, 0.6) is 0 Å². The van der Waals surface area contributed by atoms with E-state index in [4.69, 9.17) is 5.11 Å². The summed E-state index contributed by atoms with van der Waals surface area (Å²) in [6.07, 6.45) is -3.91. The maximum Gasteiger partial charge on any atom is 0.415 e. The molecule has 1 N–H and O–H groups in total. The van der Waals surface area contributed by atoms with E-state index in [1.54, 1.807) is 6.92 Å². The Morgan fingerprint density at radius 1 is 1.40 bits per heavy atom. The van der Waals surface area contributed by atoms with E-state index in [2.05, 4.69) is 9.97 Å². The summed E-state index contributed by atoms with van der Waals surface area (Å²) < 4.78 is 35.7. The number of aliphatic hydroxyl groups is 1. The van der Waals surface area contributed by atoms with Gasteiger partial charge in [-0.3, -0.25) is 0 Å². The first-order valence-corrected chi connectivity index (χ1v) is 5.04. The summed E-state index contributed by atoms with van der Waals surface area (Å²) in [7, 11) is 0. The molecule has 0 aromatic carbocycles. The van der Waals surface area contributed by atoms with Gasteiger partial charge in [0, 0.05) is 18.1 Å². The van der Waals surface area contributed by atoms with Crippen LogP contribution >= 0.6 is 11.8 Å². The topological polar surface area (TPSA) is 46.0 Å². The Hall–Kier alpha value is -0.820. The maximum absolute atomic E-state index is 11.9. The SMILES string of the molecule is Cc1cnc(SCC(O)C(F)(F)F)nc1. The van der Waals surface area contributed by atoms with Gasteiger partial charge in [-0.05, 0) is 12.5 Å². The van der Waals surface area contributed by atoms with E-state index in [0.29, 0.717) is 0 Å². The molecule has 0 aliphatic carbocycles. The van der Waals surface area contributed by atoms with Crippen LogP contribution in [-0.4, -0.2) is 33.1 Å². The summed E-state index contributed by atoms with van der Waals surface area (Å²) >= 11 is 0.772. The summed E-state index contributed by atoms with van der Waals surface area (Å²) in [6, 6.07) is 0. The van der Waals surface area contributed by atoms with Crippen LogP contribution in [0.15, 0.2) is 17.6 Å². The highest BCUT2D eigenvalue weighted by atomic mass is 32.2. The minimum absolute atomic E-state index is 0.226. The summed E-state index contributed by atoms with van der Waals surface area (Å²) in [5.74, 6) is -0.493. The minimum Gasteiger partial charge on any atom is -0.383 e. The molecule has 3 nitrogen and oxygen atoms in total. The molecule has 7 heteroatoms. The van der Waals surface area contributed by atoms with Crippen LogP contribution in [0.3, 0.4) is 0 Å². The van der Waals surface area contributed by atoms with Gasteiger partial charge in [0.1, 0.15) is 0 Å². The summed E-state index contributed by atoms with van der Waals surface area (Å²) in [5.41, 5.74) is 0.829. The molecule has 1 atom stereocenters. The van der Waals surface area contributed by atoms with Crippen molar-refractivity contribution in [1.29, 1.82) is 0 Å². The Kier molecular flexibility index (Phi) is 3.92. The van der Waals surface area contributed by atoms with Gasteiger partial charge in [0.05, 0.1) is 0 Å². The fraction of sp³-hybridized carbons (Fsp3) is 0.500. The van der Waals surface area contributed by atoms with Crippen molar-refractivity contribution in [2.24, 2.45) is 0 Å². The Morgan fingerprint density at radius 2 is 1.93 bits per heavy atom. The van der Waals surface area contributed by atoms with Gasteiger partial charge in [-0.2, -0.15) is 13.2 Å². The summed E-state index contributed by atoms with van der Waals surface area (Å²) in [4.78, 5) is 7.61. The molecule has 0 fully saturated rings. The molecule has 1 heterocycles. The average Bonchev–Trinajstić information content (AvgIpc) is 2.15. The number of alkyl halides is 3. The van der Waals surface area contributed by atoms with Gasteiger partial charge in [0.2, 0.25) is 0 Å². The molecule has 0 radical (unpaired) electrons. The normalized spacial score (nSPS) is 13.9. The molecule has 0 bridgehead atoms. The van der Waals surface area contributed by atoms with E-state index in [0.717, 1.165) is 17.3 Å². The maximum atomic E-state index is 11.9. The zero-order valence-electron chi connectivity index (χ0n) is 7.82. The van der Waals surface area contributed by atoms with Crippen LogP contribution in [0, 0.1) is 6.92 Å². The number of thioether (sulfide) groups is 1. The lowest BCUT2D eigenvalue weighted by Gasteiger charge is -2.12. The number of aliphatic hydroxyl groups excluding tert-OH is 1. The van der Waals surface area contributed by atoms with Crippen molar-refractivity contribution in [3.05, 3.63) is 18.0 Å². The second-order valence-corrected chi connectivity index (χ2v) is 3.90. The quantitative estimate of drug-likeness (QED) is 0.644. The van der Waals surface area contributed by atoms with Crippen LogP contribution in [-0.2, 0) is 0 Å². The molecular formula is C8H9F3N2OS. The predicted molar refractivity (Wildman–Crippen MR) is 49.6 cm³/mol. The van der Waals surface area contributed by atoms with E-state index in [1.807, 2.05) is 0 Å². The molecule has 1 aromatic heterocycles. The number of hydrogen-bond donors (Lipinski definition) is 1. The second-order valence-electron chi connectivity index (χ2n) is 2.91. The number of aryl methyl sites for hydroxylation is 1. The van der Waals surface area contributed by atoms with Crippen molar-refractivity contribution in [2.45, 2.75) is 24.4 Å². The molecule has 1 unspecified atom stereocenters. The highest BCUT2D eigenvalue weighted by molar-refractivity contribution is 7.99. The van der Waals surface area contributed by atoms with E-state index in [1.165, 1.54) is 12.4 Å².